The van der Waals surface area contributed by atoms with Crippen molar-refractivity contribution in [3.63, 3.8) is 0 Å². The first-order valence-electron chi connectivity index (χ1n) is 8.18. The smallest absolute Gasteiger partial charge is 0.290 e. The van der Waals surface area contributed by atoms with Gasteiger partial charge in [-0.15, -0.1) is 0 Å². The molecule has 28 heavy (non-hydrogen) atoms. The van der Waals surface area contributed by atoms with E-state index in [1.54, 1.807) is 6.07 Å². The van der Waals surface area contributed by atoms with Crippen molar-refractivity contribution in [3.05, 3.63) is 82.4 Å². The number of hydrogen-bond donors (Lipinski definition) is 1. The molecule has 9 heteroatoms. The predicted octanol–water partition coefficient (Wildman–Crippen LogP) is 3.99. The highest BCUT2D eigenvalue weighted by Crippen LogP contribution is 2.32. The third-order valence-corrected chi connectivity index (χ3v) is 4.28. The summed E-state index contributed by atoms with van der Waals surface area (Å²) in [5.41, 5.74) is 0.868. The molecule has 0 saturated carbocycles. The molecule has 0 aliphatic rings. The SMILES string of the molecule is O=c1[nH]c2ncc(-c3cccc(C(F)(F)F)c3)cc2n1Cc1ccc(F)nc1. The first-order valence-corrected chi connectivity index (χ1v) is 8.18. The number of pyridine rings is 2. The van der Waals surface area contributed by atoms with E-state index in [2.05, 4.69) is 15.0 Å². The number of halogens is 4. The van der Waals surface area contributed by atoms with Crippen molar-refractivity contribution in [1.29, 1.82) is 0 Å². The van der Waals surface area contributed by atoms with E-state index in [9.17, 15) is 22.4 Å². The Morgan fingerprint density at radius 1 is 1.00 bits per heavy atom. The average molecular weight is 388 g/mol. The van der Waals surface area contributed by atoms with E-state index in [0.29, 0.717) is 27.9 Å². The lowest BCUT2D eigenvalue weighted by atomic mass is 10.0. The van der Waals surface area contributed by atoms with Crippen LogP contribution in [0.5, 0.6) is 0 Å². The summed E-state index contributed by atoms with van der Waals surface area (Å²) >= 11 is 0. The summed E-state index contributed by atoms with van der Waals surface area (Å²) in [6.45, 7) is 0.111. The van der Waals surface area contributed by atoms with Gasteiger partial charge in [-0.1, -0.05) is 18.2 Å². The Bertz CT molecular complexity index is 1210. The molecule has 0 amide bonds. The molecule has 0 bridgehead atoms. The molecule has 0 unspecified atom stereocenters. The van der Waals surface area contributed by atoms with Crippen LogP contribution in [0.25, 0.3) is 22.3 Å². The minimum Gasteiger partial charge on any atom is -0.290 e. The summed E-state index contributed by atoms with van der Waals surface area (Å²) in [6.07, 6.45) is -1.75. The number of nitrogens with one attached hydrogen (secondary N) is 1. The van der Waals surface area contributed by atoms with Gasteiger partial charge >= 0.3 is 11.9 Å². The Balaban J connectivity index is 1.79. The summed E-state index contributed by atoms with van der Waals surface area (Å²) in [5.74, 6) is -0.636. The maximum Gasteiger partial charge on any atom is 0.416 e. The lowest BCUT2D eigenvalue weighted by Gasteiger charge is -2.09. The van der Waals surface area contributed by atoms with Crippen molar-refractivity contribution in [1.82, 2.24) is 19.5 Å². The molecule has 142 valence electrons. The van der Waals surface area contributed by atoms with Gasteiger partial charge < -0.3 is 0 Å². The van der Waals surface area contributed by atoms with E-state index in [-0.39, 0.29) is 6.54 Å². The quantitative estimate of drug-likeness (QED) is 0.426. The van der Waals surface area contributed by atoms with Crippen LogP contribution in [-0.4, -0.2) is 19.5 Å². The number of aromatic nitrogens is 4. The first-order chi connectivity index (χ1) is 13.3. The summed E-state index contributed by atoms with van der Waals surface area (Å²) in [7, 11) is 0. The fourth-order valence-corrected chi connectivity index (χ4v) is 2.91. The molecule has 1 N–H and O–H groups in total. The zero-order chi connectivity index (χ0) is 19.9. The van der Waals surface area contributed by atoms with Gasteiger partial charge in [-0.3, -0.25) is 9.55 Å². The molecule has 0 aliphatic carbocycles. The molecule has 0 aliphatic heterocycles. The molecule has 0 fully saturated rings. The van der Waals surface area contributed by atoms with Gasteiger partial charge in [0.1, 0.15) is 0 Å². The average Bonchev–Trinajstić information content (AvgIpc) is 2.97. The van der Waals surface area contributed by atoms with E-state index in [1.165, 1.54) is 41.2 Å². The van der Waals surface area contributed by atoms with E-state index in [1.807, 2.05) is 0 Å². The lowest BCUT2D eigenvalue weighted by Crippen LogP contribution is -2.17. The fraction of sp³-hybridized carbons (Fsp3) is 0.105. The van der Waals surface area contributed by atoms with Crippen LogP contribution in [0.3, 0.4) is 0 Å². The lowest BCUT2D eigenvalue weighted by molar-refractivity contribution is -0.137. The van der Waals surface area contributed by atoms with Crippen LogP contribution in [0.4, 0.5) is 17.6 Å². The normalized spacial score (nSPS) is 11.9. The Kier molecular flexibility index (Phi) is 4.21. The molecular weight excluding hydrogens is 376 g/mol. The summed E-state index contributed by atoms with van der Waals surface area (Å²) in [4.78, 5) is 22.6. The Morgan fingerprint density at radius 3 is 2.54 bits per heavy atom. The molecule has 0 spiro atoms. The summed E-state index contributed by atoms with van der Waals surface area (Å²) < 4.78 is 53.3. The molecule has 4 aromatic rings. The topological polar surface area (TPSA) is 63.6 Å². The second kappa shape index (κ2) is 6.59. The maximum absolute atomic E-state index is 13.0. The predicted molar refractivity (Wildman–Crippen MR) is 94.1 cm³/mol. The van der Waals surface area contributed by atoms with Crippen molar-refractivity contribution in [2.45, 2.75) is 12.7 Å². The third-order valence-electron chi connectivity index (χ3n) is 4.28. The van der Waals surface area contributed by atoms with Gasteiger partial charge in [0.2, 0.25) is 5.95 Å². The van der Waals surface area contributed by atoms with E-state index < -0.39 is 23.4 Å². The standard InChI is InChI=1S/C19H12F4N4O/c20-16-5-4-11(8-24-16)10-27-15-7-13(9-25-17(15)26-18(27)28)12-2-1-3-14(6-12)19(21,22)23/h1-9H,10H2,(H,25,26,28). The van der Waals surface area contributed by atoms with Crippen molar-refractivity contribution >= 4 is 11.2 Å². The Hall–Kier alpha value is -3.49. The minimum atomic E-state index is -4.46. The van der Waals surface area contributed by atoms with Gasteiger partial charge in [-0.2, -0.15) is 17.6 Å². The summed E-state index contributed by atoms with van der Waals surface area (Å²) in [6, 6.07) is 9.14. The highest BCUT2D eigenvalue weighted by molar-refractivity contribution is 5.78. The molecule has 3 heterocycles. The van der Waals surface area contributed by atoms with Crippen molar-refractivity contribution in [2.24, 2.45) is 0 Å². The number of imidazole rings is 1. The van der Waals surface area contributed by atoms with Crippen LogP contribution >= 0.6 is 0 Å². The number of fused-ring (bicyclic) bond motifs is 1. The zero-order valence-corrected chi connectivity index (χ0v) is 14.2. The highest BCUT2D eigenvalue weighted by Gasteiger charge is 2.30. The van der Waals surface area contributed by atoms with E-state index in [4.69, 9.17) is 0 Å². The Labute approximate surface area is 155 Å². The molecule has 0 radical (unpaired) electrons. The molecule has 3 aromatic heterocycles. The molecule has 0 atom stereocenters. The zero-order valence-electron chi connectivity index (χ0n) is 14.2. The van der Waals surface area contributed by atoms with E-state index in [0.717, 1.165) is 12.1 Å². The third kappa shape index (κ3) is 3.38. The van der Waals surface area contributed by atoms with Gasteiger partial charge in [0.15, 0.2) is 5.65 Å². The monoisotopic (exact) mass is 388 g/mol. The van der Waals surface area contributed by atoms with Gasteiger partial charge in [-0.05, 0) is 35.4 Å². The Morgan fingerprint density at radius 2 is 1.82 bits per heavy atom. The van der Waals surface area contributed by atoms with E-state index >= 15 is 0 Å². The molecule has 0 saturated heterocycles. The number of H-pyrrole nitrogens is 1. The number of hydrogen-bond acceptors (Lipinski definition) is 3. The van der Waals surface area contributed by atoms with Crippen LogP contribution in [0.1, 0.15) is 11.1 Å². The number of benzene rings is 1. The van der Waals surface area contributed by atoms with Gasteiger partial charge in [0, 0.05) is 18.0 Å². The number of aromatic amines is 1. The van der Waals surface area contributed by atoms with Crippen LogP contribution in [0.2, 0.25) is 0 Å². The van der Waals surface area contributed by atoms with Crippen molar-refractivity contribution in [3.8, 4) is 11.1 Å². The van der Waals surface area contributed by atoms with Gasteiger partial charge in [0.05, 0.1) is 17.6 Å². The summed E-state index contributed by atoms with van der Waals surface area (Å²) in [5, 5.41) is 0. The number of rotatable bonds is 3. The highest BCUT2D eigenvalue weighted by atomic mass is 19.4. The molecular formula is C19H12F4N4O. The van der Waals surface area contributed by atoms with Gasteiger partial charge in [-0.25, -0.2) is 14.8 Å². The van der Waals surface area contributed by atoms with Crippen molar-refractivity contribution in [2.75, 3.05) is 0 Å². The van der Waals surface area contributed by atoms with Gasteiger partial charge in [0.25, 0.3) is 0 Å². The molecule has 5 nitrogen and oxygen atoms in total. The first kappa shape index (κ1) is 17.9. The van der Waals surface area contributed by atoms with Crippen LogP contribution < -0.4 is 5.69 Å². The van der Waals surface area contributed by atoms with Crippen LogP contribution in [-0.2, 0) is 12.7 Å². The molecule has 4 rings (SSSR count). The van der Waals surface area contributed by atoms with Crippen LogP contribution in [0.15, 0.2) is 59.7 Å². The maximum atomic E-state index is 13.0. The van der Waals surface area contributed by atoms with Crippen molar-refractivity contribution < 1.29 is 17.6 Å². The minimum absolute atomic E-state index is 0.111. The second-order valence-electron chi connectivity index (χ2n) is 6.18. The largest absolute Gasteiger partial charge is 0.416 e. The number of nitrogens with zero attached hydrogens (tertiary/aromatic N) is 3. The second-order valence-corrected chi connectivity index (χ2v) is 6.18. The van der Waals surface area contributed by atoms with Crippen LogP contribution in [0, 0.1) is 5.95 Å². The fourth-order valence-electron chi connectivity index (χ4n) is 2.91. The molecule has 1 aromatic carbocycles. The number of alkyl halides is 3.